The van der Waals surface area contributed by atoms with E-state index in [1.165, 1.54) is 0 Å². The third kappa shape index (κ3) is 7.35. The lowest BCUT2D eigenvalue weighted by Gasteiger charge is -2.32. The fourth-order valence-corrected chi connectivity index (χ4v) is 3.96. The van der Waals surface area contributed by atoms with E-state index in [4.69, 9.17) is 9.73 Å². The molecule has 166 valence electrons. The molecule has 2 aromatic rings. The number of rotatable bonds is 7. The normalized spacial score (nSPS) is 17.0. The molecule has 0 spiro atoms. The van der Waals surface area contributed by atoms with Crippen LogP contribution >= 0.6 is 35.3 Å². The molecule has 1 aliphatic heterocycles. The number of hydrogen-bond acceptors (Lipinski definition) is 6. The van der Waals surface area contributed by atoms with Gasteiger partial charge in [-0.2, -0.15) is 0 Å². The van der Waals surface area contributed by atoms with Crippen LogP contribution < -0.4 is 15.5 Å². The number of anilines is 1. The zero-order valence-corrected chi connectivity index (χ0v) is 21.4. The van der Waals surface area contributed by atoms with E-state index in [1.807, 2.05) is 6.20 Å². The van der Waals surface area contributed by atoms with E-state index in [9.17, 15) is 0 Å². The number of halogens is 1. The number of guanidine groups is 1. The van der Waals surface area contributed by atoms with Crippen LogP contribution in [0.15, 0.2) is 28.7 Å². The molecule has 3 heterocycles. The second-order valence-corrected chi connectivity index (χ2v) is 8.46. The Balaban J connectivity index is 0.00000320. The monoisotopic (exact) mass is 544 g/mol. The standard InChI is InChI=1S/C21H32N6OS.HI/c1-5-22-21(25-12-20-26-18(14-29-20)15(2)3)24-11-17-6-7-19(23-10-17)27-8-9-28-16(4)13-27;/h6-7,10,14-16H,5,8-9,11-13H2,1-4H3,(H2,22,24,25);1H. The van der Waals surface area contributed by atoms with Gasteiger partial charge in [-0.15, -0.1) is 35.3 Å². The van der Waals surface area contributed by atoms with Gasteiger partial charge >= 0.3 is 0 Å². The van der Waals surface area contributed by atoms with Crippen molar-refractivity contribution in [3.63, 3.8) is 0 Å². The second kappa shape index (κ2) is 12.4. The summed E-state index contributed by atoms with van der Waals surface area (Å²) in [6.07, 6.45) is 2.16. The topological polar surface area (TPSA) is 74.7 Å². The molecule has 0 amide bonds. The van der Waals surface area contributed by atoms with E-state index < -0.39 is 0 Å². The van der Waals surface area contributed by atoms with Gasteiger partial charge in [-0.05, 0) is 31.4 Å². The van der Waals surface area contributed by atoms with Crippen molar-refractivity contribution in [3.8, 4) is 0 Å². The molecular weight excluding hydrogens is 511 g/mol. The smallest absolute Gasteiger partial charge is 0.191 e. The number of pyridine rings is 1. The number of thiazole rings is 1. The largest absolute Gasteiger partial charge is 0.375 e. The van der Waals surface area contributed by atoms with Crippen molar-refractivity contribution in [1.29, 1.82) is 0 Å². The van der Waals surface area contributed by atoms with Crippen molar-refractivity contribution in [2.75, 3.05) is 31.1 Å². The zero-order valence-electron chi connectivity index (χ0n) is 18.2. The van der Waals surface area contributed by atoms with E-state index in [0.29, 0.717) is 19.0 Å². The van der Waals surface area contributed by atoms with E-state index in [2.05, 4.69) is 70.7 Å². The maximum Gasteiger partial charge on any atom is 0.191 e. The second-order valence-electron chi connectivity index (χ2n) is 7.52. The van der Waals surface area contributed by atoms with Gasteiger partial charge in [-0.1, -0.05) is 19.9 Å². The minimum Gasteiger partial charge on any atom is -0.375 e. The van der Waals surface area contributed by atoms with Crippen LogP contribution in [-0.2, 0) is 17.8 Å². The number of aliphatic imine (C=N–C) groups is 1. The Hall–Kier alpha value is -1.46. The first kappa shape index (κ1) is 24.8. The predicted octanol–water partition coefficient (Wildman–Crippen LogP) is 3.76. The van der Waals surface area contributed by atoms with Gasteiger partial charge in [0.15, 0.2) is 5.96 Å². The third-order valence-electron chi connectivity index (χ3n) is 4.71. The summed E-state index contributed by atoms with van der Waals surface area (Å²) >= 11 is 1.69. The van der Waals surface area contributed by atoms with Crippen LogP contribution in [0.5, 0.6) is 0 Å². The summed E-state index contributed by atoms with van der Waals surface area (Å²) in [4.78, 5) is 16.3. The van der Waals surface area contributed by atoms with Crippen LogP contribution in [-0.4, -0.2) is 48.3 Å². The molecule has 1 aliphatic rings. The lowest BCUT2D eigenvalue weighted by molar-refractivity contribution is 0.0529. The molecule has 0 bridgehead atoms. The number of morpholine rings is 1. The minimum absolute atomic E-state index is 0. The summed E-state index contributed by atoms with van der Waals surface area (Å²) in [5.41, 5.74) is 2.23. The zero-order chi connectivity index (χ0) is 20.6. The Morgan fingerprint density at radius 1 is 1.37 bits per heavy atom. The lowest BCUT2D eigenvalue weighted by atomic mass is 10.2. The van der Waals surface area contributed by atoms with Gasteiger partial charge in [0.2, 0.25) is 0 Å². The molecule has 2 N–H and O–H groups in total. The maximum absolute atomic E-state index is 5.60. The highest BCUT2D eigenvalue weighted by Gasteiger charge is 2.17. The van der Waals surface area contributed by atoms with Crippen molar-refractivity contribution in [2.24, 2.45) is 4.99 Å². The van der Waals surface area contributed by atoms with Gasteiger partial charge in [0.25, 0.3) is 0 Å². The molecule has 7 nitrogen and oxygen atoms in total. The average molecular weight is 545 g/mol. The van der Waals surface area contributed by atoms with Gasteiger partial charge in [0, 0.05) is 31.2 Å². The van der Waals surface area contributed by atoms with Crippen LogP contribution in [0.1, 0.15) is 49.9 Å². The van der Waals surface area contributed by atoms with Crippen LogP contribution in [0, 0.1) is 0 Å². The molecule has 3 rings (SSSR count). The Kier molecular flexibility index (Phi) is 10.3. The molecule has 1 fully saturated rings. The average Bonchev–Trinajstić information content (AvgIpc) is 3.20. The molecular formula is C21H33IN6OS. The van der Waals surface area contributed by atoms with Gasteiger partial charge in [-0.25, -0.2) is 15.0 Å². The molecule has 0 aliphatic carbocycles. The number of ether oxygens (including phenoxy) is 1. The first-order valence-electron chi connectivity index (χ1n) is 10.3. The number of nitrogens with one attached hydrogen (secondary N) is 2. The Bertz CT molecular complexity index is 795. The Morgan fingerprint density at radius 2 is 2.20 bits per heavy atom. The highest BCUT2D eigenvalue weighted by Crippen LogP contribution is 2.18. The summed E-state index contributed by atoms with van der Waals surface area (Å²) in [6.45, 7) is 13.1. The van der Waals surface area contributed by atoms with Crippen LogP contribution in [0.2, 0.25) is 0 Å². The molecule has 30 heavy (non-hydrogen) atoms. The van der Waals surface area contributed by atoms with Gasteiger partial charge in [-0.3, -0.25) is 0 Å². The summed E-state index contributed by atoms with van der Waals surface area (Å²) < 4.78 is 5.60. The number of hydrogen-bond donors (Lipinski definition) is 2. The molecule has 1 saturated heterocycles. The summed E-state index contributed by atoms with van der Waals surface area (Å²) in [7, 11) is 0. The SMILES string of the molecule is CCNC(=NCc1ccc(N2CCOC(C)C2)nc1)NCc1nc(C(C)C)cs1.I. The minimum atomic E-state index is 0. The van der Waals surface area contributed by atoms with E-state index in [-0.39, 0.29) is 30.1 Å². The molecule has 1 atom stereocenters. The molecule has 0 radical (unpaired) electrons. The van der Waals surface area contributed by atoms with Crippen molar-refractivity contribution in [1.82, 2.24) is 20.6 Å². The van der Waals surface area contributed by atoms with Crippen molar-refractivity contribution >= 4 is 47.1 Å². The van der Waals surface area contributed by atoms with E-state index >= 15 is 0 Å². The highest BCUT2D eigenvalue weighted by molar-refractivity contribution is 14.0. The first-order valence-corrected chi connectivity index (χ1v) is 11.2. The van der Waals surface area contributed by atoms with Crippen molar-refractivity contribution < 1.29 is 4.74 Å². The van der Waals surface area contributed by atoms with Gasteiger partial charge < -0.3 is 20.3 Å². The van der Waals surface area contributed by atoms with E-state index in [1.54, 1.807) is 11.3 Å². The predicted molar refractivity (Wildman–Crippen MR) is 135 cm³/mol. The van der Waals surface area contributed by atoms with Gasteiger partial charge in [0.05, 0.1) is 31.5 Å². The highest BCUT2D eigenvalue weighted by atomic mass is 127. The van der Waals surface area contributed by atoms with Crippen LogP contribution in [0.3, 0.4) is 0 Å². The summed E-state index contributed by atoms with van der Waals surface area (Å²) in [6, 6.07) is 4.18. The maximum atomic E-state index is 5.60. The Morgan fingerprint density at radius 3 is 2.83 bits per heavy atom. The molecule has 0 saturated carbocycles. The fourth-order valence-electron chi connectivity index (χ4n) is 3.07. The molecule has 2 aromatic heterocycles. The van der Waals surface area contributed by atoms with Crippen LogP contribution in [0.25, 0.3) is 0 Å². The van der Waals surface area contributed by atoms with Crippen LogP contribution in [0.4, 0.5) is 5.82 Å². The summed E-state index contributed by atoms with van der Waals surface area (Å²) in [5, 5.41) is 9.87. The van der Waals surface area contributed by atoms with Gasteiger partial charge in [0.1, 0.15) is 10.8 Å². The molecule has 9 heteroatoms. The molecule has 1 unspecified atom stereocenters. The molecule has 0 aromatic carbocycles. The van der Waals surface area contributed by atoms with E-state index in [0.717, 1.165) is 54.3 Å². The Labute approximate surface area is 200 Å². The van der Waals surface area contributed by atoms with Crippen molar-refractivity contribution in [3.05, 3.63) is 40.0 Å². The quantitative estimate of drug-likeness (QED) is 0.314. The summed E-state index contributed by atoms with van der Waals surface area (Å²) in [5.74, 6) is 2.25. The fraction of sp³-hybridized carbons (Fsp3) is 0.571. The third-order valence-corrected chi connectivity index (χ3v) is 5.57. The lowest BCUT2D eigenvalue weighted by Crippen LogP contribution is -2.41. The van der Waals surface area contributed by atoms with Crippen molar-refractivity contribution in [2.45, 2.75) is 52.8 Å². The number of nitrogens with zero attached hydrogens (tertiary/aromatic N) is 4. The first-order chi connectivity index (χ1) is 14.0. The number of aromatic nitrogens is 2.